The predicted octanol–water partition coefficient (Wildman–Crippen LogP) is 2.43. The highest BCUT2D eigenvalue weighted by Crippen LogP contribution is 2.41. The molecule has 1 aromatic heterocycles. The van der Waals surface area contributed by atoms with Gasteiger partial charge in [0.15, 0.2) is 0 Å². The number of rotatable bonds is 2. The monoisotopic (exact) mass is 208 g/mol. The summed E-state index contributed by atoms with van der Waals surface area (Å²) in [5.74, 6) is 0.739. The van der Waals surface area contributed by atoms with Gasteiger partial charge in [-0.3, -0.25) is 0 Å². The van der Waals surface area contributed by atoms with Gasteiger partial charge in [-0.05, 0) is 44.4 Å². The van der Waals surface area contributed by atoms with E-state index in [2.05, 4.69) is 0 Å². The first-order chi connectivity index (χ1) is 6.84. The van der Waals surface area contributed by atoms with E-state index in [9.17, 15) is 0 Å². The molecule has 0 aromatic carbocycles. The summed E-state index contributed by atoms with van der Waals surface area (Å²) in [4.78, 5) is 6.22. The van der Waals surface area contributed by atoms with Gasteiger partial charge in [0.05, 0.1) is 11.7 Å². The van der Waals surface area contributed by atoms with Crippen LogP contribution in [0.15, 0.2) is 0 Å². The Bertz CT molecular complexity index is 318. The van der Waals surface area contributed by atoms with Crippen LogP contribution >= 0.6 is 11.3 Å². The number of fused-ring (bicyclic) bond motifs is 1. The minimum Gasteiger partial charge on any atom is -0.322 e. The van der Waals surface area contributed by atoms with E-state index < -0.39 is 0 Å². The molecule has 0 bridgehead atoms. The van der Waals surface area contributed by atoms with Crippen LogP contribution in [0.2, 0.25) is 0 Å². The number of aromatic nitrogens is 1. The summed E-state index contributed by atoms with van der Waals surface area (Å²) in [5, 5.41) is 1.21. The molecule has 1 heterocycles. The van der Waals surface area contributed by atoms with E-state index in [4.69, 9.17) is 10.7 Å². The van der Waals surface area contributed by atoms with Gasteiger partial charge < -0.3 is 5.73 Å². The van der Waals surface area contributed by atoms with Crippen molar-refractivity contribution in [1.82, 2.24) is 4.98 Å². The van der Waals surface area contributed by atoms with E-state index in [0.29, 0.717) is 0 Å². The van der Waals surface area contributed by atoms with E-state index in [1.807, 2.05) is 11.3 Å². The molecule has 3 rings (SSSR count). The Morgan fingerprint density at radius 3 is 2.79 bits per heavy atom. The molecule has 0 spiro atoms. The molecule has 0 aliphatic heterocycles. The lowest BCUT2D eigenvalue weighted by atomic mass is 10.0. The maximum atomic E-state index is 6.16. The number of hydrogen-bond acceptors (Lipinski definition) is 3. The molecule has 1 aromatic rings. The summed E-state index contributed by atoms with van der Waals surface area (Å²) in [6.45, 7) is 0. The van der Waals surface area contributed by atoms with E-state index in [0.717, 1.165) is 5.92 Å². The van der Waals surface area contributed by atoms with Crippen LogP contribution in [0.1, 0.15) is 47.3 Å². The summed E-state index contributed by atoms with van der Waals surface area (Å²) < 4.78 is 0. The Labute approximate surface area is 88.5 Å². The molecule has 2 nitrogen and oxygen atoms in total. The molecule has 76 valence electrons. The normalized spacial score (nSPS) is 23.2. The Kier molecular flexibility index (Phi) is 2.10. The lowest BCUT2D eigenvalue weighted by Crippen LogP contribution is -2.12. The zero-order valence-electron chi connectivity index (χ0n) is 8.33. The minimum absolute atomic E-state index is 0.241. The molecule has 1 atom stereocenters. The molecule has 0 amide bonds. The average molecular weight is 208 g/mol. The van der Waals surface area contributed by atoms with Gasteiger partial charge in [0.2, 0.25) is 0 Å². The largest absolute Gasteiger partial charge is 0.322 e. The van der Waals surface area contributed by atoms with E-state index in [1.54, 1.807) is 0 Å². The maximum Gasteiger partial charge on any atom is 0.110 e. The van der Waals surface area contributed by atoms with Gasteiger partial charge in [0.25, 0.3) is 0 Å². The number of aryl methyl sites for hydroxylation is 2. The summed E-state index contributed by atoms with van der Waals surface area (Å²) >= 11 is 1.88. The molecule has 14 heavy (non-hydrogen) atoms. The third-order valence-corrected chi connectivity index (χ3v) is 4.54. The third kappa shape index (κ3) is 1.48. The molecule has 0 radical (unpaired) electrons. The highest BCUT2D eigenvalue weighted by Gasteiger charge is 2.32. The lowest BCUT2D eigenvalue weighted by Gasteiger charge is -2.06. The number of nitrogens with two attached hydrogens (primary N) is 1. The van der Waals surface area contributed by atoms with E-state index in [1.165, 1.54) is 54.1 Å². The van der Waals surface area contributed by atoms with Crippen LogP contribution < -0.4 is 5.73 Å². The Morgan fingerprint density at radius 2 is 2.07 bits per heavy atom. The molecule has 1 fully saturated rings. The van der Waals surface area contributed by atoms with Crippen LogP contribution in [-0.4, -0.2) is 4.98 Å². The molecule has 0 saturated heterocycles. The second-order valence-electron chi connectivity index (χ2n) is 4.49. The van der Waals surface area contributed by atoms with Gasteiger partial charge in [0.1, 0.15) is 5.01 Å². The van der Waals surface area contributed by atoms with Crippen LogP contribution in [0.3, 0.4) is 0 Å². The van der Waals surface area contributed by atoms with Gasteiger partial charge in [0, 0.05) is 4.88 Å². The third-order valence-electron chi connectivity index (χ3n) is 3.28. The minimum atomic E-state index is 0.241. The highest BCUT2D eigenvalue weighted by atomic mass is 32.1. The number of thiazole rings is 1. The van der Waals surface area contributed by atoms with Crippen molar-refractivity contribution in [3.8, 4) is 0 Å². The van der Waals surface area contributed by atoms with Gasteiger partial charge in [-0.25, -0.2) is 4.98 Å². The predicted molar refractivity (Wildman–Crippen MR) is 58.4 cm³/mol. The Balaban J connectivity index is 1.87. The van der Waals surface area contributed by atoms with Crippen molar-refractivity contribution in [2.45, 2.75) is 44.6 Å². The zero-order chi connectivity index (χ0) is 9.54. The molecule has 3 heteroatoms. The molecular weight excluding hydrogens is 192 g/mol. The second-order valence-corrected chi connectivity index (χ2v) is 5.61. The fourth-order valence-electron chi connectivity index (χ4n) is 2.17. The summed E-state index contributed by atoms with van der Waals surface area (Å²) in [7, 11) is 0. The van der Waals surface area contributed by atoms with Crippen molar-refractivity contribution in [3.05, 3.63) is 15.6 Å². The van der Waals surface area contributed by atoms with Crippen molar-refractivity contribution in [2.24, 2.45) is 11.7 Å². The molecule has 1 unspecified atom stereocenters. The second kappa shape index (κ2) is 3.31. The first-order valence-electron chi connectivity index (χ1n) is 5.58. The van der Waals surface area contributed by atoms with Gasteiger partial charge in [-0.1, -0.05) is 0 Å². The fraction of sp³-hybridized carbons (Fsp3) is 0.727. The van der Waals surface area contributed by atoms with Crippen molar-refractivity contribution < 1.29 is 0 Å². The van der Waals surface area contributed by atoms with Gasteiger partial charge in [-0.15, -0.1) is 11.3 Å². The molecular formula is C11H16N2S. The number of hydrogen-bond donors (Lipinski definition) is 1. The van der Waals surface area contributed by atoms with Crippen LogP contribution in [0.25, 0.3) is 0 Å². The fourth-order valence-corrected chi connectivity index (χ4v) is 3.42. The van der Waals surface area contributed by atoms with Crippen LogP contribution in [-0.2, 0) is 12.8 Å². The van der Waals surface area contributed by atoms with Crippen LogP contribution in [0.5, 0.6) is 0 Å². The summed E-state index contributed by atoms with van der Waals surface area (Å²) in [6.07, 6.45) is 7.70. The average Bonchev–Trinajstić information content (AvgIpc) is 2.95. The quantitative estimate of drug-likeness (QED) is 0.810. The first-order valence-corrected chi connectivity index (χ1v) is 6.40. The SMILES string of the molecule is NC(c1nc2c(s1)CCCC2)C1CC1. The maximum absolute atomic E-state index is 6.16. The van der Waals surface area contributed by atoms with Crippen molar-refractivity contribution in [3.63, 3.8) is 0 Å². The topological polar surface area (TPSA) is 38.9 Å². The lowest BCUT2D eigenvalue weighted by molar-refractivity contribution is 0.621. The van der Waals surface area contributed by atoms with Gasteiger partial charge in [-0.2, -0.15) is 0 Å². The van der Waals surface area contributed by atoms with Crippen LogP contribution in [0.4, 0.5) is 0 Å². The molecule has 2 aliphatic carbocycles. The molecule has 1 saturated carbocycles. The van der Waals surface area contributed by atoms with Crippen LogP contribution in [0, 0.1) is 5.92 Å². The number of nitrogens with zero attached hydrogens (tertiary/aromatic N) is 1. The Morgan fingerprint density at radius 1 is 1.29 bits per heavy atom. The van der Waals surface area contributed by atoms with Crippen molar-refractivity contribution in [2.75, 3.05) is 0 Å². The van der Waals surface area contributed by atoms with E-state index in [-0.39, 0.29) is 6.04 Å². The summed E-state index contributed by atoms with van der Waals surface area (Å²) in [6, 6.07) is 0.241. The Hall–Kier alpha value is -0.410. The first kappa shape index (κ1) is 8.86. The van der Waals surface area contributed by atoms with Crippen molar-refractivity contribution >= 4 is 11.3 Å². The van der Waals surface area contributed by atoms with E-state index >= 15 is 0 Å². The van der Waals surface area contributed by atoms with Gasteiger partial charge >= 0.3 is 0 Å². The summed E-state index contributed by atoms with van der Waals surface area (Å²) in [5.41, 5.74) is 7.51. The van der Waals surface area contributed by atoms with Crippen molar-refractivity contribution in [1.29, 1.82) is 0 Å². The highest BCUT2D eigenvalue weighted by molar-refractivity contribution is 7.11. The smallest absolute Gasteiger partial charge is 0.110 e. The standard InChI is InChI=1S/C11H16N2S/c12-10(7-5-6-7)11-13-8-3-1-2-4-9(8)14-11/h7,10H,1-6,12H2. The molecule has 2 aliphatic rings. The zero-order valence-corrected chi connectivity index (χ0v) is 9.15. The molecule has 2 N–H and O–H groups in total.